The quantitative estimate of drug-likeness (QED) is 0.520. The van der Waals surface area contributed by atoms with E-state index in [1.54, 1.807) is 12.4 Å². The van der Waals surface area contributed by atoms with Crippen LogP contribution >= 0.6 is 0 Å². The first kappa shape index (κ1) is 19.6. The average Bonchev–Trinajstić information content (AvgIpc) is 2.79. The van der Waals surface area contributed by atoms with Gasteiger partial charge in [-0.25, -0.2) is 17.8 Å². The van der Waals surface area contributed by atoms with Crippen molar-refractivity contribution >= 4 is 32.4 Å². The zero-order valence-electron chi connectivity index (χ0n) is 16.5. The van der Waals surface area contributed by atoms with Crippen molar-refractivity contribution in [3.05, 3.63) is 90.0 Å². The van der Waals surface area contributed by atoms with E-state index in [0.29, 0.717) is 12.2 Å². The van der Waals surface area contributed by atoms with Crippen LogP contribution in [0.5, 0.6) is 0 Å². The summed E-state index contributed by atoms with van der Waals surface area (Å²) in [5.74, 6) is -0.0632. The Kier molecular flexibility index (Phi) is 4.88. The molecule has 31 heavy (non-hydrogen) atoms. The van der Waals surface area contributed by atoms with Crippen LogP contribution in [0.3, 0.4) is 0 Å². The molecular formula is C23H19FN4O2S. The zero-order valence-corrected chi connectivity index (χ0v) is 17.3. The highest BCUT2D eigenvalue weighted by atomic mass is 32.2. The molecule has 8 heteroatoms. The first-order valence-electron chi connectivity index (χ1n) is 9.85. The Labute approximate surface area is 179 Å². The predicted molar refractivity (Wildman–Crippen MR) is 117 cm³/mol. The third kappa shape index (κ3) is 3.64. The van der Waals surface area contributed by atoms with Gasteiger partial charge in [0.1, 0.15) is 16.5 Å². The SMILES string of the molecule is O=S(=O)(c1ccccc1F)N1CCc2c(ccnc2Nc2cnc3ccccc3c2)C1. The second-order valence-electron chi connectivity index (χ2n) is 7.36. The first-order chi connectivity index (χ1) is 15.0. The van der Waals surface area contributed by atoms with E-state index in [2.05, 4.69) is 15.3 Å². The van der Waals surface area contributed by atoms with Crippen LogP contribution in [0.25, 0.3) is 10.9 Å². The normalized spacial score (nSPS) is 14.4. The van der Waals surface area contributed by atoms with E-state index < -0.39 is 15.8 Å². The maximum Gasteiger partial charge on any atom is 0.246 e. The van der Waals surface area contributed by atoms with Gasteiger partial charge >= 0.3 is 0 Å². The van der Waals surface area contributed by atoms with Crippen molar-refractivity contribution in [2.75, 3.05) is 11.9 Å². The molecule has 3 heterocycles. The van der Waals surface area contributed by atoms with E-state index >= 15 is 0 Å². The Morgan fingerprint density at radius 3 is 2.68 bits per heavy atom. The molecule has 5 rings (SSSR count). The van der Waals surface area contributed by atoms with E-state index in [-0.39, 0.29) is 18.0 Å². The second-order valence-corrected chi connectivity index (χ2v) is 9.26. The molecule has 0 unspecified atom stereocenters. The molecular weight excluding hydrogens is 415 g/mol. The molecule has 156 valence electrons. The molecule has 1 aliphatic rings. The number of hydrogen-bond donors (Lipinski definition) is 1. The van der Waals surface area contributed by atoms with Gasteiger partial charge < -0.3 is 5.32 Å². The summed E-state index contributed by atoms with van der Waals surface area (Å²) in [5, 5.41) is 4.33. The van der Waals surface area contributed by atoms with Crippen LogP contribution in [0.1, 0.15) is 11.1 Å². The van der Waals surface area contributed by atoms with Gasteiger partial charge in [0.2, 0.25) is 10.0 Å². The van der Waals surface area contributed by atoms with Gasteiger partial charge in [0, 0.05) is 30.2 Å². The Balaban J connectivity index is 1.43. The Morgan fingerprint density at radius 2 is 1.81 bits per heavy atom. The maximum absolute atomic E-state index is 14.1. The van der Waals surface area contributed by atoms with Crippen molar-refractivity contribution in [2.24, 2.45) is 0 Å². The number of aromatic nitrogens is 2. The Hall–Kier alpha value is -3.36. The molecule has 0 radical (unpaired) electrons. The molecule has 6 nitrogen and oxygen atoms in total. The molecule has 1 N–H and O–H groups in total. The number of fused-ring (bicyclic) bond motifs is 2. The van der Waals surface area contributed by atoms with Gasteiger partial charge in [0.15, 0.2) is 0 Å². The number of nitrogens with zero attached hydrogens (tertiary/aromatic N) is 3. The van der Waals surface area contributed by atoms with E-state index in [0.717, 1.165) is 33.8 Å². The zero-order chi connectivity index (χ0) is 21.4. The number of nitrogens with one attached hydrogen (secondary N) is 1. The van der Waals surface area contributed by atoms with Crippen LogP contribution in [0, 0.1) is 5.82 Å². The summed E-state index contributed by atoms with van der Waals surface area (Å²) in [6, 6.07) is 17.1. The molecule has 2 aromatic carbocycles. The minimum atomic E-state index is -3.92. The summed E-state index contributed by atoms with van der Waals surface area (Å²) in [5.41, 5.74) is 3.51. The van der Waals surface area contributed by atoms with Gasteiger partial charge in [-0.1, -0.05) is 30.3 Å². The van der Waals surface area contributed by atoms with Crippen LogP contribution in [0.2, 0.25) is 0 Å². The summed E-state index contributed by atoms with van der Waals surface area (Å²) >= 11 is 0. The van der Waals surface area contributed by atoms with Crippen molar-refractivity contribution < 1.29 is 12.8 Å². The van der Waals surface area contributed by atoms with Crippen LogP contribution in [-0.2, 0) is 23.0 Å². The van der Waals surface area contributed by atoms with Crippen LogP contribution in [-0.4, -0.2) is 29.2 Å². The highest BCUT2D eigenvalue weighted by Gasteiger charge is 2.31. The van der Waals surface area contributed by atoms with Crippen molar-refractivity contribution in [1.29, 1.82) is 0 Å². The van der Waals surface area contributed by atoms with E-state index in [4.69, 9.17) is 0 Å². The molecule has 0 atom stereocenters. The minimum absolute atomic E-state index is 0.166. The summed E-state index contributed by atoms with van der Waals surface area (Å²) in [6.45, 7) is 0.416. The lowest BCUT2D eigenvalue weighted by atomic mass is 10.0. The van der Waals surface area contributed by atoms with Gasteiger partial charge in [-0.05, 0) is 42.3 Å². The van der Waals surface area contributed by atoms with E-state index in [9.17, 15) is 12.8 Å². The number of pyridine rings is 2. The molecule has 0 bridgehead atoms. The van der Waals surface area contributed by atoms with Crippen LogP contribution in [0.15, 0.2) is 78.0 Å². The number of para-hydroxylation sites is 1. The van der Waals surface area contributed by atoms with E-state index in [1.165, 1.54) is 22.5 Å². The van der Waals surface area contributed by atoms with Crippen molar-refractivity contribution in [3.63, 3.8) is 0 Å². The van der Waals surface area contributed by atoms with Gasteiger partial charge in [-0.15, -0.1) is 0 Å². The molecule has 0 saturated heterocycles. The van der Waals surface area contributed by atoms with Gasteiger partial charge in [0.25, 0.3) is 0 Å². The molecule has 0 saturated carbocycles. The fourth-order valence-corrected chi connectivity index (χ4v) is 5.33. The molecule has 1 aliphatic heterocycles. The Bertz CT molecular complexity index is 1390. The summed E-state index contributed by atoms with van der Waals surface area (Å²) in [4.78, 5) is 8.62. The van der Waals surface area contributed by atoms with Crippen molar-refractivity contribution in [2.45, 2.75) is 17.9 Å². The number of hydrogen-bond acceptors (Lipinski definition) is 5. The maximum atomic E-state index is 14.1. The summed E-state index contributed by atoms with van der Waals surface area (Å²) in [6.07, 6.45) is 3.87. The Morgan fingerprint density at radius 1 is 1.00 bits per heavy atom. The van der Waals surface area contributed by atoms with Crippen LogP contribution in [0.4, 0.5) is 15.9 Å². The second kappa shape index (κ2) is 7.72. The topological polar surface area (TPSA) is 75.2 Å². The third-order valence-electron chi connectivity index (χ3n) is 5.42. The lowest BCUT2D eigenvalue weighted by molar-refractivity contribution is 0.388. The molecule has 4 aromatic rings. The number of rotatable bonds is 4. The summed E-state index contributed by atoms with van der Waals surface area (Å²) < 4.78 is 41.4. The lowest BCUT2D eigenvalue weighted by Crippen LogP contribution is -2.36. The average molecular weight is 434 g/mol. The van der Waals surface area contributed by atoms with Gasteiger partial charge in [0.05, 0.1) is 17.4 Å². The number of benzene rings is 2. The van der Waals surface area contributed by atoms with E-state index in [1.807, 2.05) is 36.4 Å². The molecule has 2 aromatic heterocycles. The monoisotopic (exact) mass is 434 g/mol. The van der Waals surface area contributed by atoms with Crippen molar-refractivity contribution in [3.8, 4) is 0 Å². The smallest absolute Gasteiger partial charge is 0.246 e. The van der Waals surface area contributed by atoms with Gasteiger partial charge in [-0.3, -0.25) is 4.98 Å². The highest BCUT2D eigenvalue weighted by molar-refractivity contribution is 7.89. The highest BCUT2D eigenvalue weighted by Crippen LogP contribution is 2.30. The minimum Gasteiger partial charge on any atom is -0.339 e. The largest absolute Gasteiger partial charge is 0.339 e. The molecule has 0 spiro atoms. The van der Waals surface area contributed by atoms with Crippen molar-refractivity contribution in [1.82, 2.24) is 14.3 Å². The third-order valence-corrected chi connectivity index (χ3v) is 7.30. The summed E-state index contributed by atoms with van der Waals surface area (Å²) in [7, 11) is -3.92. The first-order valence-corrected chi connectivity index (χ1v) is 11.3. The van der Waals surface area contributed by atoms with Gasteiger partial charge in [-0.2, -0.15) is 4.31 Å². The predicted octanol–water partition coefficient (Wildman–Crippen LogP) is 4.26. The number of sulfonamides is 1. The van der Waals surface area contributed by atoms with Crippen LogP contribution < -0.4 is 5.32 Å². The fraction of sp³-hybridized carbons (Fsp3) is 0.130. The molecule has 0 amide bonds. The molecule has 0 aliphatic carbocycles. The number of halogens is 1. The standard InChI is InChI=1S/C23H19FN4O2S/c24-20-6-2-4-8-22(20)31(29,30)28-12-10-19-17(15-28)9-11-25-23(19)27-18-13-16-5-1-3-7-21(16)26-14-18/h1-9,11,13-14H,10,12,15H2,(H,25,27). The molecule has 0 fully saturated rings. The lowest BCUT2D eigenvalue weighted by Gasteiger charge is -2.29. The fourth-order valence-electron chi connectivity index (χ4n) is 3.85. The number of anilines is 2.